The lowest BCUT2D eigenvalue weighted by atomic mass is 10.2. The number of fused-ring (bicyclic) bond motifs is 1. The summed E-state index contributed by atoms with van der Waals surface area (Å²) in [5.74, 6) is -0.0777. The molecule has 3 heterocycles. The number of aromatic nitrogens is 4. The predicted molar refractivity (Wildman–Crippen MR) is 102 cm³/mol. The maximum atomic E-state index is 12.6. The van der Waals surface area contributed by atoms with E-state index in [1.165, 1.54) is 11.3 Å². The Morgan fingerprint density at radius 1 is 1.31 bits per heavy atom. The van der Waals surface area contributed by atoms with Gasteiger partial charge in [0.2, 0.25) is 0 Å². The zero-order chi connectivity index (χ0) is 17.9. The molecule has 0 fully saturated rings. The highest BCUT2D eigenvalue weighted by Crippen LogP contribution is 2.23. The Bertz CT molecular complexity index is 1000. The van der Waals surface area contributed by atoms with Gasteiger partial charge in [0.25, 0.3) is 5.91 Å². The van der Waals surface area contributed by atoms with Crippen LogP contribution in [0.1, 0.15) is 29.9 Å². The van der Waals surface area contributed by atoms with E-state index in [4.69, 9.17) is 0 Å². The molecule has 1 aromatic carbocycles. The number of carbonyl (C=O) groups is 1. The summed E-state index contributed by atoms with van der Waals surface area (Å²) in [5, 5.41) is 4.86. The van der Waals surface area contributed by atoms with E-state index in [0.717, 1.165) is 22.6 Å². The van der Waals surface area contributed by atoms with Gasteiger partial charge in [-0.15, -0.1) is 11.3 Å². The molecule has 0 spiro atoms. The first kappa shape index (κ1) is 16.5. The number of rotatable bonds is 6. The highest BCUT2D eigenvalue weighted by molar-refractivity contribution is 7.15. The number of nitrogens with zero attached hydrogens (tertiary/aromatic N) is 4. The first-order chi connectivity index (χ1) is 12.7. The molecule has 132 valence electrons. The zero-order valence-corrected chi connectivity index (χ0v) is 15.2. The summed E-state index contributed by atoms with van der Waals surface area (Å²) in [5.41, 5.74) is 2.54. The van der Waals surface area contributed by atoms with E-state index in [0.29, 0.717) is 18.3 Å². The SMILES string of the molecule is CC(CCNC(=O)c1csc2nc(-c3ccccc3)cn12)n1ccnc1. The topological polar surface area (TPSA) is 64.2 Å². The first-order valence-electron chi connectivity index (χ1n) is 8.50. The molecule has 3 aromatic heterocycles. The fourth-order valence-corrected chi connectivity index (χ4v) is 3.71. The standard InChI is InChI=1S/C19H19N5OS/c1-14(23-10-9-20-13-23)7-8-21-18(25)17-12-26-19-22-16(11-24(17)19)15-5-3-2-4-6-15/h2-6,9-14H,7-8H2,1H3,(H,21,25). The third-order valence-electron chi connectivity index (χ3n) is 4.39. The summed E-state index contributed by atoms with van der Waals surface area (Å²) in [6.07, 6.45) is 8.26. The average Bonchev–Trinajstić information content (AvgIpc) is 3.39. The first-order valence-corrected chi connectivity index (χ1v) is 9.38. The van der Waals surface area contributed by atoms with Crippen molar-refractivity contribution >= 4 is 22.2 Å². The zero-order valence-electron chi connectivity index (χ0n) is 14.4. The van der Waals surface area contributed by atoms with Gasteiger partial charge in [-0.2, -0.15) is 0 Å². The van der Waals surface area contributed by atoms with E-state index >= 15 is 0 Å². The van der Waals surface area contributed by atoms with Crippen LogP contribution in [0.4, 0.5) is 0 Å². The third-order valence-corrected chi connectivity index (χ3v) is 5.23. The molecule has 0 radical (unpaired) electrons. The van der Waals surface area contributed by atoms with Gasteiger partial charge in [-0.05, 0) is 13.3 Å². The van der Waals surface area contributed by atoms with E-state index in [-0.39, 0.29) is 5.91 Å². The number of carbonyl (C=O) groups excluding carboxylic acids is 1. The Labute approximate surface area is 155 Å². The summed E-state index contributed by atoms with van der Waals surface area (Å²) in [4.78, 5) is 22.1. The average molecular weight is 365 g/mol. The maximum absolute atomic E-state index is 12.6. The molecule has 0 saturated heterocycles. The molecule has 1 atom stereocenters. The molecule has 0 bridgehead atoms. The molecule has 1 N–H and O–H groups in total. The Hall–Kier alpha value is -2.93. The quantitative estimate of drug-likeness (QED) is 0.567. The van der Waals surface area contributed by atoms with Gasteiger partial charge in [0.05, 0.1) is 12.0 Å². The van der Waals surface area contributed by atoms with Crippen molar-refractivity contribution in [2.75, 3.05) is 6.54 Å². The molecule has 4 rings (SSSR count). The molecule has 1 unspecified atom stereocenters. The van der Waals surface area contributed by atoms with Crippen molar-refractivity contribution in [3.8, 4) is 11.3 Å². The number of thiazole rings is 1. The van der Waals surface area contributed by atoms with Gasteiger partial charge in [0, 0.05) is 42.1 Å². The number of benzene rings is 1. The van der Waals surface area contributed by atoms with E-state index in [9.17, 15) is 4.79 Å². The van der Waals surface area contributed by atoms with Crippen LogP contribution >= 0.6 is 11.3 Å². The number of nitrogens with one attached hydrogen (secondary N) is 1. The van der Waals surface area contributed by atoms with Gasteiger partial charge >= 0.3 is 0 Å². The van der Waals surface area contributed by atoms with Crippen LogP contribution in [0, 0.1) is 0 Å². The Morgan fingerprint density at radius 3 is 2.92 bits per heavy atom. The summed E-state index contributed by atoms with van der Waals surface area (Å²) in [7, 11) is 0. The molecule has 0 aliphatic heterocycles. The summed E-state index contributed by atoms with van der Waals surface area (Å²) in [6, 6.07) is 10.3. The van der Waals surface area contributed by atoms with Crippen LogP contribution in [0.25, 0.3) is 16.2 Å². The number of hydrogen-bond acceptors (Lipinski definition) is 4. The lowest BCUT2D eigenvalue weighted by Gasteiger charge is -2.13. The van der Waals surface area contributed by atoms with Crippen LogP contribution < -0.4 is 5.32 Å². The summed E-state index contributed by atoms with van der Waals surface area (Å²) in [6.45, 7) is 2.72. The number of hydrogen-bond donors (Lipinski definition) is 1. The second-order valence-electron chi connectivity index (χ2n) is 6.17. The fraction of sp³-hybridized carbons (Fsp3) is 0.211. The highest BCUT2D eigenvalue weighted by atomic mass is 32.1. The molecule has 0 saturated carbocycles. The third kappa shape index (κ3) is 3.25. The molecule has 26 heavy (non-hydrogen) atoms. The second kappa shape index (κ2) is 7.13. The smallest absolute Gasteiger partial charge is 0.269 e. The van der Waals surface area contributed by atoms with Crippen molar-refractivity contribution in [2.45, 2.75) is 19.4 Å². The van der Waals surface area contributed by atoms with E-state index in [1.807, 2.05) is 57.1 Å². The van der Waals surface area contributed by atoms with Gasteiger partial charge in [-0.1, -0.05) is 30.3 Å². The summed E-state index contributed by atoms with van der Waals surface area (Å²) < 4.78 is 3.90. The minimum Gasteiger partial charge on any atom is -0.351 e. The fourth-order valence-electron chi connectivity index (χ4n) is 2.86. The molecule has 7 heteroatoms. The van der Waals surface area contributed by atoms with Gasteiger partial charge in [-0.25, -0.2) is 9.97 Å². The Kier molecular flexibility index (Phi) is 4.53. The second-order valence-corrected chi connectivity index (χ2v) is 7.01. The van der Waals surface area contributed by atoms with Gasteiger partial charge in [0.1, 0.15) is 5.69 Å². The molecule has 4 aromatic rings. The van der Waals surface area contributed by atoms with Gasteiger partial charge in [-0.3, -0.25) is 9.20 Å². The Balaban J connectivity index is 1.44. The lowest BCUT2D eigenvalue weighted by molar-refractivity contribution is 0.0946. The van der Waals surface area contributed by atoms with E-state index in [1.54, 1.807) is 12.5 Å². The van der Waals surface area contributed by atoms with Crippen molar-refractivity contribution in [2.24, 2.45) is 0 Å². The van der Waals surface area contributed by atoms with Crippen LogP contribution in [0.2, 0.25) is 0 Å². The number of amides is 1. The number of imidazole rings is 2. The van der Waals surface area contributed by atoms with Crippen molar-refractivity contribution in [1.29, 1.82) is 0 Å². The minimum atomic E-state index is -0.0777. The van der Waals surface area contributed by atoms with Crippen molar-refractivity contribution in [3.05, 3.63) is 66.3 Å². The van der Waals surface area contributed by atoms with Crippen LogP contribution in [0.15, 0.2) is 60.6 Å². The van der Waals surface area contributed by atoms with E-state index < -0.39 is 0 Å². The lowest BCUT2D eigenvalue weighted by Crippen LogP contribution is -2.27. The molecular formula is C19H19N5OS. The largest absolute Gasteiger partial charge is 0.351 e. The monoisotopic (exact) mass is 365 g/mol. The van der Waals surface area contributed by atoms with Gasteiger partial charge < -0.3 is 9.88 Å². The molecule has 0 aliphatic rings. The molecular weight excluding hydrogens is 346 g/mol. The van der Waals surface area contributed by atoms with Crippen molar-refractivity contribution < 1.29 is 4.79 Å². The molecule has 6 nitrogen and oxygen atoms in total. The minimum absolute atomic E-state index is 0.0777. The van der Waals surface area contributed by atoms with Crippen LogP contribution in [-0.2, 0) is 0 Å². The van der Waals surface area contributed by atoms with Crippen LogP contribution in [-0.4, -0.2) is 31.4 Å². The van der Waals surface area contributed by atoms with Gasteiger partial charge in [0.15, 0.2) is 4.96 Å². The Morgan fingerprint density at radius 2 is 2.15 bits per heavy atom. The van der Waals surface area contributed by atoms with Crippen LogP contribution in [0.5, 0.6) is 0 Å². The maximum Gasteiger partial charge on any atom is 0.269 e. The predicted octanol–water partition coefficient (Wildman–Crippen LogP) is 3.64. The molecule has 0 aliphatic carbocycles. The summed E-state index contributed by atoms with van der Waals surface area (Å²) >= 11 is 1.47. The van der Waals surface area contributed by atoms with Crippen molar-refractivity contribution in [1.82, 2.24) is 24.3 Å². The van der Waals surface area contributed by atoms with Crippen LogP contribution in [0.3, 0.4) is 0 Å². The molecule has 1 amide bonds. The van der Waals surface area contributed by atoms with Crippen molar-refractivity contribution in [3.63, 3.8) is 0 Å². The highest BCUT2D eigenvalue weighted by Gasteiger charge is 2.15. The van der Waals surface area contributed by atoms with E-state index in [2.05, 4.69) is 22.2 Å². The normalized spacial score (nSPS) is 12.3.